The van der Waals surface area contributed by atoms with Crippen molar-refractivity contribution < 1.29 is 24.2 Å². The monoisotopic (exact) mass is 320 g/mol. The Morgan fingerprint density at radius 1 is 1.44 bits per heavy atom. The highest BCUT2D eigenvalue weighted by molar-refractivity contribution is 9.10. The summed E-state index contributed by atoms with van der Waals surface area (Å²) in [6.07, 6.45) is -1.69. The molecule has 0 bridgehead atoms. The molecule has 0 aromatic heterocycles. The molecular formula is C10H10BrFN2O4. The number of carbonyl (C=O) groups excluding carboxylic acids is 1. The number of aliphatic carboxylic acids is 1. The number of anilines is 1. The normalized spacial score (nSPS) is 11.7. The molecule has 8 heteroatoms. The second kappa shape index (κ2) is 6.31. The van der Waals surface area contributed by atoms with Gasteiger partial charge in [0, 0.05) is 4.47 Å². The van der Waals surface area contributed by atoms with Crippen LogP contribution >= 0.6 is 15.9 Å². The van der Waals surface area contributed by atoms with Crippen molar-refractivity contribution in [1.82, 2.24) is 5.32 Å². The van der Waals surface area contributed by atoms with Crippen molar-refractivity contribution in [3.63, 3.8) is 0 Å². The number of hydrogen-bond acceptors (Lipinski definition) is 3. The van der Waals surface area contributed by atoms with Gasteiger partial charge in [-0.25, -0.2) is 14.0 Å². The minimum atomic E-state index is -1.69. The Bertz CT molecular complexity index is 469. The highest BCUT2D eigenvalue weighted by Crippen LogP contribution is 2.22. The van der Waals surface area contributed by atoms with Crippen molar-refractivity contribution in [2.75, 3.05) is 11.9 Å². The molecule has 6 nitrogen and oxygen atoms in total. The average molecular weight is 321 g/mol. The minimum absolute atomic E-state index is 0.192. The van der Waals surface area contributed by atoms with E-state index in [-0.39, 0.29) is 5.69 Å². The summed E-state index contributed by atoms with van der Waals surface area (Å²) in [7, 11) is 0. The number of nitrogens with one attached hydrogen (secondary N) is 2. The van der Waals surface area contributed by atoms with Crippen molar-refractivity contribution in [1.29, 1.82) is 0 Å². The highest BCUT2D eigenvalue weighted by Gasteiger charge is 2.14. The Hall–Kier alpha value is -1.67. The Morgan fingerprint density at radius 3 is 2.72 bits per heavy atom. The Balaban J connectivity index is 2.54. The van der Waals surface area contributed by atoms with E-state index in [9.17, 15) is 14.0 Å². The van der Waals surface area contributed by atoms with Crippen LogP contribution in [0.2, 0.25) is 0 Å². The molecule has 0 radical (unpaired) electrons. The van der Waals surface area contributed by atoms with Gasteiger partial charge in [0.05, 0.1) is 12.2 Å². The fourth-order valence-corrected chi connectivity index (χ4v) is 1.38. The number of aliphatic hydroxyl groups is 1. The number of halogens is 2. The van der Waals surface area contributed by atoms with Gasteiger partial charge in [0.1, 0.15) is 5.82 Å². The fraction of sp³-hybridized carbons (Fsp3) is 0.200. The molecule has 0 spiro atoms. The molecule has 0 aliphatic carbocycles. The van der Waals surface area contributed by atoms with Gasteiger partial charge in [0.15, 0.2) is 6.10 Å². The lowest BCUT2D eigenvalue weighted by Gasteiger charge is -2.10. The van der Waals surface area contributed by atoms with E-state index in [2.05, 4.69) is 26.6 Å². The largest absolute Gasteiger partial charge is 0.479 e. The molecule has 1 aromatic carbocycles. The quantitative estimate of drug-likeness (QED) is 0.669. The van der Waals surface area contributed by atoms with Crippen LogP contribution < -0.4 is 10.6 Å². The maximum atomic E-state index is 12.9. The van der Waals surface area contributed by atoms with Crippen LogP contribution in [0.25, 0.3) is 0 Å². The van der Waals surface area contributed by atoms with Crippen LogP contribution in [-0.2, 0) is 4.79 Å². The van der Waals surface area contributed by atoms with Gasteiger partial charge in [-0.1, -0.05) is 0 Å². The molecule has 1 atom stereocenters. The van der Waals surface area contributed by atoms with E-state index < -0.39 is 30.5 Å². The third-order valence-corrected chi connectivity index (χ3v) is 2.61. The molecule has 2 amide bonds. The maximum Gasteiger partial charge on any atom is 0.334 e. The van der Waals surface area contributed by atoms with Crippen LogP contribution in [0.3, 0.4) is 0 Å². The SMILES string of the molecule is O=C(NC[C@H](O)C(=O)O)Nc1cc(F)ccc1Br. The van der Waals surface area contributed by atoms with Crippen molar-refractivity contribution in [3.05, 3.63) is 28.5 Å². The van der Waals surface area contributed by atoms with Gasteiger partial charge in [-0.3, -0.25) is 0 Å². The third kappa shape index (κ3) is 4.30. The number of carboxylic acids is 1. The molecule has 0 aliphatic rings. The predicted octanol–water partition coefficient (Wildman–Crippen LogP) is 1.16. The summed E-state index contributed by atoms with van der Waals surface area (Å²) in [5.41, 5.74) is 0.192. The van der Waals surface area contributed by atoms with Crippen LogP contribution in [0.1, 0.15) is 0 Å². The van der Waals surface area contributed by atoms with Crippen molar-refractivity contribution in [2.45, 2.75) is 6.10 Å². The van der Waals surface area contributed by atoms with E-state index >= 15 is 0 Å². The van der Waals surface area contributed by atoms with Gasteiger partial charge in [-0.15, -0.1) is 0 Å². The second-order valence-corrected chi connectivity index (χ2v) is 4.17. The van der Waals surface area contributed by atoms with E-state index in [1.54, 1.807) is 0 Å². The topological polar surface area (TPSA) is 98.7 Å². The molecule has 0 fully saturated rings. The molecule has 0 heterocycles. The second-order valence-electron chi connectivity index (χ2n) is 3.31. The number of carbonyl (C=O) groups is 2. The first kappa shape index (κ1) is 14.4. The van der Waals surface area contributed by atoms with Gasteiger partial charge in [0.25, 0.3) is 0 Å². The minimum Gasteiger partial charge on any atom is -0.479 e. The van der Waals surface area contributed by atoms with Crippen molar-refractivity contribution in [2.24, 2.45) is 0 Å². The Kier molecular flexibility index (Phi) is 5.05. The highest BCUT2D eigenvalue weighted by atomic mass is 79.9. The molecular weight excluding hydrogens is 311 g/mol. The van der Waals surface area contributed by atoms with E-state index in [4.69, 9.17) is 10.2 Å². The van der Waals surface area contributed by atoms with Crippen molar-refractivity contribution >= 4 is 33.6 Å². The smallest absolute Gasteiger partial charge is 0.334 e. The molecule has 0 unspecified atom stereocenters. The van der Waals surface area contributed by atoms with E-state index in [0.717, 1.165) is 6.07 Å². The first-order chi connectivity index (χ1) is 8.40. The first-order valence-electron chi connectivity index (χ1n) is 4.81. The first-order valence-corrected chi connectivity index (χ1v) is 5.60. The molecule has 0 saturated carbocycles. The molecule has 1 rings (SSSR count). The van der Waals surface area contributed by atoms with Gasteiger partial charge < -0.3 is 20.8 Å². The summed E-state index contributed by atoms with van der Waals surface area (Å²) in [4.78, 5) is 21.6. The molecule has 0 aliphatic heterocycles. The van der Waals surface area contributed by atoms with Crippen LogP contribution in [0.4, 0.5) is 14.9 Å². The van der Waals surface area contributed by atoms with Crippen LogP contribution in [-0.4, -0.2) is 34.9 Å². The summed E-state index contributed by atoms with van der Waals surface area (Å²) in [5.74, 6) is -1.97. The van der Waals surface area contributed by atoms with Gasteiger partial charge in [-0.05, 0) is 34.1 Å². The lowest BCUT2D eigenvalue weighted by Crippen LogP contribution is -2.38. The maximum absolute atomic E-state index is 12.9. The zero-order chi connectivity index (χ0) is 13.7. The standard InChI is InChI=1S/C10H10BrFN2O4/c11-6-2-1-5(12)3-7(6)14-10(18)13-4-8(15)9(16)17/h1-3,8,15H,4H2,(H,16,17)(H2,13,14,18)/t8-/m0/s1. The predicted molar refractivity (Wildman–Crippen MR) is 64.8 cm³/mol. The number of amides is 2. The van der Waals surface area contributed by atoms with E-state index in [0.29, 0.717) is 4.47 Å². The summed E-state index contributed by atoms with van der Waals surface area (Å²) in [6, 6.07) is 2.97. The molecule has 98 valence electrons. The zero-order valence-electron chi connectivity index (χ0n) is 8.98. The van der Waals surface area contributed by atoms with Crippen molar-refractivity contribution in [3.8, 4) is 0 Å². The average Bonchev–Trinajstić information content (AvgIpc) is 2.30. The van der Waals surface area contributed by atoms with Gasteiger partial charge >= 0.3 is 12.0 Å². The number of benzene rings is 1. The van der Waals surface area contributed by atoms with Crippen LogP contribution in [0, 0.1) is 5.82 Å². The van der Waals surface area contributed by atoms with Gasteiger partial charge in [-0.2, -0.15) is 0 Å². The summed E-state index contributed by atoms with van der Waals surface area (Å²) < 4.78 is 13.4. The Morgan fingerprint density at radius 2 is 2.11 bits per heavy atom. The third-order valence-electron chi connectivity index (χ3n) is 1.92. The fourth-order valence-electron chi connectivity index (χ4n) is 1.04. The number of carboxylic acid groups (broad SMARTS) is 1. The zero-order valence-corrected chi connectivity index (χ0v) is 10.6. The van der Waals surface area contributed by atoms with Gasteiger partial charge in [0.2, 0.25) is 0 Å². The lowest BCUT2D eigenvalue weighted by atomic mass is 10.3. The number of urea groups is 1. The molecule has 4 N–H and O–H groups in total. The van der Waals surface area contributed by atoms with Crippen LogP contribution in [0.5, 0.6) is 0 Å². The summed E-state index contributed by atoms with van der Waals surface area (Å²) in [6.45, 7) is -0.450. The summed E-state index contributed by atoms with van der Waals surface area (Å²) >= 11 is 3.11. The van der Waals surface area contributed by atoms with E-state index in [1.165, 1.54) is 12.1 Å². The number of rotatable bonds is 4. The summed E-state index contributed by atoms with van der Waals surface area (Å²) in [5, 5.41) is 21.8. The number of hydrogen-bond donors (Lipinski definition) is 4. The van der Waals surface area contributed by atoms with E-state index in [1.807, 2.05) is 0 Å². The van der Waals surface area contributed by atoms with Crippen LogP contribution in [0.15, 0.2) is 22.7 Å². The molecule has 1 aromatic rings. The number of aliphatic hydroxyl groups excluding tert-OH is 1. The Labute approximate surface area is 110 Å². The lowest BCUT2D eigenvalue weighted by molar-refractivity contribution is -0.146. The molecule has 0 saturated heterocycles. The molecule has 18 heavy (non-hydrogen) atoms.